The molecule has 3 aliphatic heterocycles. The smallest absolute Gasteiger partial charge is 0.342 e. The van der Waals surface area contributed by atoms with Crippen molar-refractivity contribution in [2.24, 2.45) is 11.8 Å². The van der Waals surface area contributed by atoms with Crippen LogP contribution in [0.3, 0.4) is 0 Å². The van der Waals surface area contributed by atoms with E-state index < -0.39 is 12.1 Å². The van der Waals surface area contributed by atoms with E-state index >= 15 is 0 Å². The van der Waals surface area contributed by atoms with Gasteiger partial charge in [-0.3, -0.25) is 9.88 Å². The highest BCUT2D eigenvalue weighted by molar-refractivity contribution is 5.93. The number of fused-ring (bicyclic) bond motifs is 4. The second-order valence-corrected chi connectivity index (χ2v) is 8.51. The van der Waals surface area contributed by atoms with Gasteiger partial charge in [0.1, 0.15) is 17.4 Å². The number of aromatic nitrogens is 1. The summed E-state index contributed by atoms with van der Waals surface area (Å²) in [6.07, 6.45) is 5.49. The number of carbonyl (C=O) groups excluding carboxylic acids is 1. The van der Waals surface area contributed by atoms with E-state index in [1.54, 1.807) is 24.4 Å². The van der Waals surface area contributed by atoms with E-state index in [0.29, 0.717) is 11.8 Å². The number of benzene rings is 2. The number of para-hydroxylation sites is 2. The standard InChI is InChI=1S/C26H26N2O3/c1-2-17-16-28-14-12-18(17)15-23(28)25(31-26(30)21-8-4-6-10-24(21)29)20-11-13-27-22-9-5-3-7-19(20)22/h2-11,13,17-18,23,25,29H,1,12,14-16H2/t17-,18-,23-,25+/m0/s1. The molecule has 3 aliphatic rings. The van der Waals surface area contributed by atoms with E-state index in [9.17, 15) is 9.90 Å². The van der Waals surface area contributed by atoms with E-state index in [-0.39, 0.29) is 17.4 Å². The summed E-state index contributed by atoms with van der Waals surface area (Å²) in [6, 6.07) is 16.5. The van der Waals surface area contributed by atoms with Crippen LogP contribution in [-0.4, -0.2) is 40.1 Å². The molecule has 5 atom stereocenters. The Labute approximate surface area is 182 Å². The average Bonchev–Trinajstić information content (AvgIpc) is 2.82. The number of carbonyl (C=O) groups is 1. The molecule has 0 amide bonds. The molecule has 5 nitrogen and oxygen atoms in total. The topological polar surface area (TPSA) is 62.7 Å². The Balaban J connectivity index is 1.55. The Morgan fingerprint density at radius 2 is 2.00 bits per heavy atom. The van der Waals surface area contributed by atoms with Gasteiger partial charge in [0.15, 0.2) is 0 Å². The molecule has 0 aliphatic carbocycles. The van der Waals surface area contributed by atoms with Gasteiger partial charge in [-0.25, -0.2) is 4.79 Å². The summed E-state index contributed by atoms with van der Waals surface area (Å²) < 4.78 is 6.18. The van der Waals surface area contributed by atoms with Crippen LogP contribution in [0.2, 0.25) is 0 Å². The van der Waals surface area contributed by atoms with Gasteiger partial charge in [-0.15, -0.1) is 6.58 Å². The third kappa shape index (κ3) is 3.59. The van der Waals surface area contributed by atoms with Crippen LogP contribution in [-0.2, 0) is 4.74 Å². The molecule has 3 fully saturated rings. The van der Waals surface area contributed by atoms with Gasteiger partial charge >= 0.3 is 5.97 Å². The Bertz CT molecular complexity index is 1120. The zero-order valence-electron chi connectivity index (χ0n) is 17.4. The van der Waals surface area contributed by atoms with Crippen LogP contribution < -0.4 is 0 Å². The van der Waals surface area contributed by atoms with Crippen molar-refractivity contribution >= 4 is 16.9 Å². The molecule has 31 heavy (non-hydrogen) atoms. The second-order valence-electron chi connectivity index (χ2n) is 8.51. The number of rotatable bonds is 5. The van der Waals surface area contributed by atoms with Crippen molar-refractivity contribution in [3.05, 3.63) is 84.6 Å². The third-order valence-electron chi connectivity index (χ3n) is 6.85. The molecule has 1 unspecified atom stereocenters. The Kier molecular flexibility index (Phi) is 5.20. The molecule has 5 heteroatoms. The van der Waals surface area contributed by atoms with Gasteiger partial charge in [0.05, 0.1) is 11.6 Å². The van der Waals surface area contributed by atoms with Gasteiger partial charge in [0.2, 0.25) is 0 Å². The van der Waals surface area contributed by atoms with Gasteiger partial charge in [-0.2, -0.15) is 0 Å². The lowest BCUT2D eigenvalue weighted by Crippen LogP contribution is -2.55. The van der Waals surface area contributed by atoms with Crippen LogP contribution >= 0.6 is 0 Å². The number of hydrogen-bond acceptors (Lipinski definition) is 5. The van der Waals surface area contributed by atoms with Gasteiger partial charge < -0.3 is 9.84 Å². The highest BCUT2D eigenvalue weighted by atomic mass is 16.5. The molecule has 0 saturated carbocycles. The maximum Gasteiger partial charge on any atom is 0.342 e. The minimum Gasteiger partial charge on any atom is -0.507 e. The first-order chi connectivity index (χ1) is 15.2. The van der Waals surface area contributed by atoms with Crippen molar-refractivity contribution in [3.63, 3.8) is 0 Å². The molecular formula is C26H26N2O3. The minimum absolute atomic E-state index is 0.0666. The van der Waals surface area contributed by atoms with E-state index in [0.717, 1.165) is 42.4 Å². The van der Waals surface area contributed by atoms with E-state index in [4.69, 9.17) is 4.74 Å². The molecule has 3 aromatic rings. The summed E-state index contributed by atoms with van der Waals surface area (Å²) in [5, 5.41) is 11.2. The third-order valence-corrected chi connectivity index (χ3v) is 6.85. The minimum atomic E-state index is -0.507. The van der Waals surface area contributed by atoms with Crippen LogP contribution in [0.15, 0.2) is 73.4 Å². The maximum absolute atomic E-state index is 13.1. The fourth-order valence-corrected chi connectivity index (χ4v) is 5.23. The monoisotopic (exact) mass is 414 g/mol. The fourth-order valence-electron chi connectivity index (χ4n) is 5.23. The SMILES string of the molecule is C=C[C@H]1CN2CC[C@H]1C[C@H]2[C@H](OC(=O)c1ccccc1O)c1ccnc2ccccc12. The maximum atomic E-state index is 13.1. The molecular weight excluding hydrogens is 388 g/mol. The number of aromatic hydroxyl groups is 1. The van der Waals surface area contributed by atoms with Crippen molar-refractivity contribution < 1.29 is 14.6 Å². The van der Waals surface area contributed by atoms with Crippen molar-refractivity contribution in [1.82, 2.24) is 9.88 Å². The molecule has 0 radical (unpaired) electrons. The van der Waals surface area contributed by atoms with Crippen LogP contribution in [0, 0.1) is 11.8 Å². The summed E-state index contributed by atoms with van der Waals surface area (Å²) in [5.74, 6) is 0.454. The summed E-state index contributed by atoms with van der Waals surface area (Å²) in [4.78, 5) is 20.0. The first-order valence-electron chi connectivity index (χ1n) is 10.8. The molecule has 2 bridgehead atoms. The Morgan fingerprint density at radius 1 is 1.19 bits per heavy atom. The number of ether oxygens (including phenoxy) is 1. The van der Waals surface area contributed by atoms with Gasteiger partial charge in [-0.05, 0) is 55.5 Å². The van der Waals surface area contributed by atoms with Crippen LogP contribution in [0.4, 0.5) is 0 Å². The highest BCUT2D eigenvalue weighted by Gasteiger charge is 2.44. The summed E-state index contributed by atoms with van der Waals surface area (Å²) >= 11 is 0. The lowest BCUT2D eigenvalue weighted by atomic mass is 9.73. The van der Waals surface area contributed by atoms with E-state index in [1.165, 1.54) is 6.07 Å². The van der Waals surface area contributed by atoms with E-state index in [2.05, 4.69) is 22.5 Å². The Hall–Kier alpha value is -3.18. The molecule has 158 valence electrons. The van der Waals surface area contributed by atoms with Crippen molar-refractivity contribution in [2.75, 3.05) is 13.1 Å². The van der Waals surface area contributed by atoms with Crippen molar-refractivity contribution in [3.8, 4) is 5.75 Å². The summed E-state index contributed by atoms with van der Waals surface area (Å²) in [5.41, 5.74) is 2.02. The summed E-state index contributed by atoms with van der Waals surface area (Å²) in [6.45, 7) is 5.95. The number of phenolic OH excluding ortho intramolecular Hbond substituents is 1. The lowest BCUT2D eigenvalue weighted by Gasteiger charge is -2.51. The molecule has 1 aromatic heterocycles. The van der Waals surface area contributed by atoms with Crippen LogP contribution in [0.5, 0.6) is 5.75 Å². The quantitative estimate of drug-likeness (QED) is 0.483. The largest absolute Gasteiger partial charge is 0.507 e. The molecule has 4 heterocycles. The zero-order chi connectivity index (χ0) is 21.4. The lowest BCUT2D eigenvalue weighted by molar-refractivity contribution is -0.0568. The first kappa shape index (κ1) is 19.8. The normalized spacial score (nSPS) is 25.8. The zero-order valence-corrected chi connectivity index (χ0v) is 17.4. The average molecular weight is 415 g/mol. The predicted octanol–water partition coefficient (Wildman–Crippen LogP) is 4.73. The second kappa shape index (κ2) is 8.16. The van der Waals surface area contributed by atoms with Crippen molar-refractivity contribution in [1.29, 1.82) is 0 Å². The Morgan fingerprint density at radius 3 is 2.77 bits per heavy atom. The molecule has 3 saturated heterocycles. The first-order valence-corrected chi connectivity index (χ1v) is 10.8. The summed E-state index contributed by atoms with van der Waals surface area (Å²) in [7, 11) is 0. The number of esters is 1. The van der Waals surface area contributed by atoms with Gasteiger partial charge in [0.25, 0.3) is 0 Å². The molecule has 6 rings (SSSR count). The number of nitrogens with zero attached hydrogens (tertiary/aromatic N) is 2. The number of phenols is 1. The fraction of sp³-hybridized carbons (Fsp3) is 0.308. The van der Waals surface area contributed by atoms with Gasteiger partial charge in [0, 0.05) is 23.7 Å². The van der Waals surface area contributed by atoms with Gasteiger partial charge in [-0.1, -0.05) is 36.4 Å². The van der Waals surface area contributed by atoms with Crippen molar-refractivity contribution in [2.45, 2.75) is 25.0 Å². The highest BCUT2D eigenvalue weighted by Crippen LogP contribution is 2.43. The molecule has 1 N–H and O–H groups in total. The molecule has 0 spiro atoms. The number of piperidine rings is 3. The number of pyridine rings is 1. The predicted molar refractivity (Wildman–Crippen MR) is 120 cm³/mol. The molecule has 2 aromatic carbocycles. The van der Waals surface area contributed by atoms with E-state index in [1.807, 2.05) is 30.3 Å². The van der Waals surface area contributed by atoms with Crippen LogP contribution in [0.25, 0.3) is 10.9 Å². The van der Waals surface area contributed by atoms with Crippen LogP contribution in [0.1, 0.15) is 34.9 Å². The number of hydrogen-bond donors (Lipinski definition) is 1.